The van der Waals surface area contributed by atoms with E-state index in [1.165, 1.54) is 12.1 Å². The van der Waals surface area contributed by atoms with Gasteiger partial charge >= 0.3 is 0 Å². The Labute approximate surface area is 183 Å². The van der Waals surface area contributed by atoms with Gasteiger partial charge in [-0.2, -0.15) is 0 Å². The molecule has 0 saturated heterocycles. The van der Waals surface area contributed by atoms with Gasteiger partial charge in [-0.25, -0.2) is 9.38 Å². The van der Waals surface area contributed by atoms with Gasteiger partial charge in [0.15, 0.2) is 5.96 Å². The number of hydrogen-bond donors (Lipinski definition) is 3. The van der Waals surface area contributed by atoms with E-state index < -0.39 is 0 Å². The van der Waals surface area contributed by atoms with E-state index >= 15 is 0 Å². The Morgan fingerprint density at radius 2 is 1.81 bits per heavy atom. The zero-order valence-corrected chi connectivity index (χ0v) is 18.3. The summed E-state index contributed by atoms with van der Waals surface area (Å²) < 4.78 is 24.3. The first kappa shape index (κ1) is 24.0. The third-order valence-corrected chi connectivity index (χ3v) is 4.22. The number of nitrogens with one attached hydrogen (secondary N) is 3. The van der Waals surface area contributed by atoms with E-state index in [0.29, 0.717) is 37.7 Å². The standard InChI is InChI=1S/C23H31FN4O3/c1-4-25-23(28-16-17(2)31-21-10-6-9-20(15-21)30-3)27-12-11-26-22(29)14-18-7-5-8-19(24)13-18/h5-10,13,15,17H,4,11-12,14,16H2,1-3H3,(H,26,29)(H2,25,27,28). The van der Waals surface area contributed by atoms with Crippen LogP contribution >= 0.6 is 0 Å². The minimum absolute atomic E-state index is 0.131. The Bertz CT molecular complexity index is 860. The molecule has 0 fully saturated rings. The highest BCUT2D eigenvalue weighted by atomic mass is 19.1. The molecule has 0 aliphatic heterocycles. The fourth-order valence-electron chi connectivity index (χ4n) is 2.78. The number of halogens is 1. The summed E-state index contributed by atoms with van der Waals surface area (Å²) in [6, 6.07) is 13.5. The molecule has 0 spiro atoms. The Morgan fingerprint density at radius 3 is 2.55 bits per heavy atom. The molecule has 0 heterocycles. The molecule has 1 unspecified atom stereocenters. The molecule has 168 valence electrons. The molecule has 0 bridgehead atoms. The van der Waals surface area contributed by atoms with Crippen LogP contribution in [-0.2, 0) is 11.2 Å². The minimum Gasteiger partial charge on any atom is -0.497 e. The molecule has 0 aromatic heterocycles. The summed E-state index contributed by atoms with van der Waals surface area (Å²) in [5.74, 6) is 1.60. The van der Waals surface area contributed by atoms with Crippen LogP contribution in [0.4, 0.5) is 4.39 Å². The van der Waals surface area contributed by atoms with Gasteiger partial charge in [0.2, 0.25) is 5.91 Å². The van der Waals surface area contributed by atoms with E-state index in [2.05, 4.69) is 20.9 Å². The van der Waals surface area contributed by atoms with Crippen molar-refractivity contribution in [3.63, 3.8) is 0 Å². The average Bonchev–Trinajstić information content (AvgIpc) is 2.75. The molecule has 31 heavy (non-hydrogen) atoms. The molecule has 2 aromatic carbocycles. The van der Waals surface area contributed by atoms with E-state index in [1.54, 1.807) is 19.2 Å². The number of amides is 1. The van der Waals surface area contributed by atoms with Crippen molar-refractivity contribution in [2.24, 2.45) is 4.99 Å². The van der Waals surface area contributed by atoms with Crippen molar-refractivity contribution in [3.05, 3.63) is 59.9 Å². The van der Waals surface area contributed by atoms with Crippen molar-refractivity contribution < 1.29 is 18.7 Å². The second-order valence-electron chi connectivity index (χ2n) is 6.91. The van der Waals surface area contributed by atoms with Gasteiger partial charge in [0.05, 0.1) is 20.1 Å². The van der Waals surface area contributed by atoms with Gasteiger partial charge in [0.25, 0.3) is 0 Å². The van der Waals surface area contributed by atoms with Gasteiger partial charge in [-0.1, -0.05) is 18.2 Å². The van der Waals surface area contributed by atoms with E-state index in [4.69, 9.17) is 9.47 Å². The summed E-state index contributed by atoms with van der Waals surface area (Å²) >= 11 is 0. The molecule has 0 aliphatic carbocycles. The maximum atomic E-state index is 13.2. The maximum absolute atomic E-state index is 13.2. The number of hydrogen-bond acceptors (Lipinski definition) is 4. The molecular formula is C23H31FN4O3. The summed E-state index contributed by atoms with van der Waals surface area (Å²) in [6.45, 7) is 6.02. The quantitative estimate of drug-likeness (QED) is 0.290. The monoisotopic (exact) mass is 430 g/mol. The van der Waals surface area contributed by atoms with Gasteiger partial charge in [-0.15, -0.1) is 0 Å². The highest BCUT2D eigenvalue weighted by molar-refractivity contribution is 5.80. The van der Waals surface area contributed by atoms with Gasteiger partial charge in [-0.05, 0) is 43.7 Å². The molecule has 0 radical (unpaired) electrons. The molecule has 7 nitrogen and oxygen atoms in total. The Hall–Kier alpha value is -3.29. The Kier molecular flexibility index (Phi) is 10.1. The predicted octanol–water partition coefficient (Wildman–Crippen LogP) is 2.52. The summed E-state index contributed by atoms with van der Waals surface area (Å²) in [7, 11) is 1.62. The number of aliphatic imine (C=N–C) groups is 1. The van der Waals surface area contributed by atoms with Crippen molar-refractivity contribution in [3.8, 4) is 11.5 Å². The van der Waals surface area contributed by atoms with Crippen LogP contribution in [0.3, 0.4) is 0 Å². The number of methoxy groups -OCH3 is 1. The van der Waals surface area contributed by atoms with E-state index in [0.717, 1.165) is 11.5 Å². The largest absolute Gasteiger partial charge is 0.497 e. The molecule has 3 N–H and O–H groups in total. The summed E-state index contributed by atoms with van der Waals surface area (Å²) in [4.78, 5) is 16.5. The predicted molar refractivity (Wildman–Crippen MR) is 120 cm³/mol. The zero-order valence-electron chi connectivity index (χ0n) is 18.3. The third-order valence-electron chi connectivity index (χ3n) is 4.22. The number of nitrogens with zero attached hydrogens (tertiary/aromatic N) is 1. The van der Waals surface area contributed by atoms with Crippen LogP contribution in [0.5, 0.6) is 11.5 Å². The van der Waals surface area contributed by atoms with E-state index in [9.17, 15) is 9.18 Å². The molecule has 8 heteroatoms. The molecule has 0 saturated carbocycles. The minimum atomic E-state index is -0.344. The lowest BCUT2D eigenvalue weighted by Crippen LogP contribution is -2.42. The zero-order chi connectivity index (χ0) is 22.5. The second-order valence-corrected chi connectivity index (χ2v) is 6.91. The number of carbonyl (C=O) groups excluding carboxylic acids is 1. The lowest BCUT2D eigenvalue weighted by molar-refractivity contribution is -0.120. The molecule has 2 aromatic rings. The van der Waals surface area contributed by atoms with Crippen LogP contribution in [0.25, 0.3) is 0 Å². The molecule has 2 rings (SSSR count). The Morgan fingerprint density at radius 1 is 1.06 bits per heavy atom. The first-order chi connectivity index (χ1) is 15.0. The first-order valence-corrected chi connectivity index (χ1v) is 10.3. The number of guanidine groups is 1. The number of benzene rings is 2. The average molecular weight is 431 g/mol. The van der Waals surface area contributed by atoms with E-state index in [-0.39, 0.29) is 24.2 Å². The molecule has 1 atom stereocenters. The van der Waals surface area contributed by atoms with Crippen LogP contribution in [0.1, 0.15) is 19.4 Å². The van der Waals surface area contributed by atoms with Gasteiger partial charge in [0, 0.05) is 25.7 Å². The molecular weight excluding hydrogens is 399 g/mol. The molecule has 0 aliphatic rings. The summed E-state index contributed by atoms with van der Waals surface area (Å²) in [5.41, 5.74) is 0.644. The van der Waals surface area contributed by atoms with E-state index in [1.807, 2.05) is 38.1 Å². The summed E-state index contributed by atoms with van der Waals surface area (Å²) in [6.07, 6.45) is 0.0129. The van der Waals surface area contributed by atoms with Crippen LogP contribution in [-0.4, -0.2) is 51.3 Å². The SMILES string of the molecule is CCNC(=NCC(C)Oc1cccc(OC)c1)NCCNC(=O)Cc1cccc(F)c1. The van der Waals surface area contributed by atoms with Crippen LogP contribution in [0, 0.1) is 5.82 Å². The number of rotatable bonds is 11. The van der Waals surface area contributed by atoms with Crippen LogP contribution in [0.15, 0.2) is 53.5 Å². The number of ether oxygens (including phenoxy) is 2. The highest BCUT2D eigenvalue weighted by Crippen LogP contribution is 2.19. The lowest BCUT2D eigenvalue weighted by Gasteiger charge is -2.16. The summed E-state index contributed by atoms with van der Waals surface area (Å²) in [5, 5.41) is 9.15. The van der Waals surface area contributed by atoms with Gasteiger partial charge in [-0.3, -0.25) is 4.79 Å². The lowest BCUT2D eigenvalue weighted by atomic mass is 10.1. The second kappa shape index (κ2) is 13.1. The normalized spacial score (nSPS) is 12.1. The van der Waals surface area contributed by atoms with Crippen molar-refractivity contribution >= 4 is 11.9 Å². The van der Waals surface area contributed by atoms with Gasteiger partial charge < -0.3 is 25.4 Å². The van der Waals surface area contributed by atoms with Crippen molar-refractivity contribution in [1.82, 2.24) is 16.0 Å². The van der Waals surface area contributed by atoms with Crippen molar-refractivity contribution in [2.45, 2.75) is 26.4 Å². The number of carbonyl (C=O) groups is 1. The fourth-order valence-corrected chi connectivity index (χ4v) is 2.78. The van der Waals surface area contributed by atoms with Crippen molar-refractivity contribution in [1.29, 1.82) is 0 Å². The van der Waals surface area contributed by atoms with Crippen molar-refractivity contribution in [2.75, 3.05) is 33.3 Å². The van der Waals surface area contributed by atoms with Gasteiger partial charge in [0.1, 0.15) is 23.4 Å². The molecule has 1 amide bonds. The smallest absolute Gasteiger partial charge is 0.224 e. The third kappa shape index (κ3) is 9.37. The topological polar surface area (TPSA) is 84.0 Å². The van der Waals surface area contributed by atoms with Crippen LogP contribution in [0.2, 0.25) is 0 Å². The maximum Gasteiger partial charge on any atom is 0.224 e. The van der Waals surface area contributed by atoms with Crippen LogP contribution < -0.4 is 25.4 Å². The first-order valence-electron chi connectivity index (χ1n) is 10.3. The highest BCUT2D eigenvalue weighted by Gasteiger charge is 2.07. The fraction of sp³-hybridized carbons (Fsp3) is 0.391. The Balaban J connectivity index is 1.74.